The van der Waals surface area contributed by atoms with Gasteiger partial charge in [-0.3, -0.25) is 9.69 Å². The number of amides is 1. The highest BCUT2D eigenvalue weighted by Gasteiger charge is 2.31. The van der Waals surface area contributed by atoms with Crippen LogP contribution < -0.4 is 5.32 Å². The maximum Gasteiger partial charge on any atom is 0.242 e. The molecule has 0 radical (unpaired) electrons. The normalized spacial score (nSPS) is 21.2. The van der Waals surface area contributed by atoms with E-state index in [9.17, 15) is 10.1 Å². The van der Waals surface area contributed by atoms with E-state index in [1.807, 2.05) is 6.92 Å². The molecular formula is C22H34N4OS. The topological polar surface area (TPSA) is 59.4 Å². The third-order valence-corrected chi connectivity index (χ3v) is 7.40. The van der Waals surface area contributed by atoms with Crippen LogP contribution in [0.25, 0.3) is 0 Å². The third-order valence-electron chi connectivity index (χ3n) is 6.19. The lowest BCUT2D eigenvalue weighted by Gasteiger charge is -2.24. The Kier molecular flexibility index (Phi) is 7.50. The summed E-state index contributed by atoms with van der Waals surface area (Å²) in [5.74, 6) is 0.662. The SMILES string of the molecule is CCCN(C)C[C@@H]1CCN([C@@H](C)C(=O)Nc2sc3c(c2C#N)CCCCC3)C1. The van der Waals surface area contributed by atoms with E-state index < -0.39 is 0 Å². The van der Waals surface area contributed by atoms with Crippen molar-refractivity contribution < 1.29 is 4.79 Å². The summed E-state index contributed by atoms with van der Waals surface area (Å²) in [6.45, 7) is 8.41. The number of nitrogens with one attached hydrogen (secondary N) is 1. The molecule has 0 bridgehead atoms. The van der Waals surface area contributed by atoms with Crippen molar-refractivity contribution in [2.45, 2.75) is 64.8 Å². The summed E-state index contributed by atoms with van der Waals surface area (Å²) in [4.78, 5) is 18.9. The van der Waals surface area contributed by atoms with Gasteiger partial charge in [-0.1, -0.05) is 13.3 Å². The molecule has 1 aliphatic carbocycles. The largest absolute Gasteiger partial charge is 0.315 e. The van der Waals surface area contributed by atoms with Crippen LogP contribution in [0.5, 0.6) is 0 Å². The average molecular weight is 403 g/mol. The number of anilines is 1. The molecule has 0 spiro atoms. The molecule has 5 nitrogen and oxygen atoms in total. The molecule has 1 aliphatic heterocycles. The molecule has 1 N–H and O–H groups in total. The Morgan fingerprint density at radius 1 is 1.39 bits per heavy atom. The number of carbonyl (C=O) groups excluding carboxylic acids is 1. The maximum atomic E-state index is 12.9. The molecule has 28 heavy (non-hydrogen) atoms. The molecule has 1 aromatic rings. The lowest BCUT2D eigenvalue weighted by molar-refractivity contribution is -0.120. The lowest BCUT2D eigenvalue weighted by Crippen LogP contribution is -2.41. The van der Waals surface area contributed by atoms with Crippen molar-refractivity contribution in [1.29, 1.82) is 5.26 Å². The molecule has 0 unspecified atom stereocenters. The number of carbonyl (C=O) groups is 1. The summed E-state index contributed by atoms with van der Waals surface area (Å²) in [7, 11) is 2.19. The zero-order valence-corrected chi connectivity index (χ0v) is 18.4. The summed E-state index contributed by atoms with van der Waals surface area (Å²) in [6, 6.07) is 2.21. The fourth-order valence-electron chi connectivity index (χ4n) is 4.61. The van der Waals surface area contributed by atoms with Crippen LogP contribution in [0.15, 0.2) is 0 Å². The Morgan fingerprint density at radius 3 is 2.93 bits per heavy atom. The Labute approximate surface area is 173 Å². The number of hydrogen-bond acceptors (Lipinski definition) is 5. The molecule has 1 saturated heterocycles. The van der Waals surface area contributed by atoms with E-state index in [1.165, 1.54) is 29.7 Å². The van der Waals surface area contributed by atoms with E-state index in [0.29, 0.717) is 11.5 Å². The number of thiophene rings is 1. The zero-order chi connectivity index (χ0) is 20.1. The second kappa shape index (κ2) is 9.87. The number of nitrogens with zero attached hydrogens (tertiary/aromatic N) is 3. The molecule has 154 valence electrons. The van der Waals surface area contributed by atoms with Gasteiger partial charge in [-0.05, 0) is 77.1 Å². The Hall–Kier alpha value is -1.42. The number of aryl methyl sites for hydroxylation is 1. The molecule has 2 aliphatic rings. The van der Waals surface area contributed by atoms with Crippen molar-refractivity contribution in [1.82, 2.24) is 9.80 Å². The van der Waals surface area contributed by atoms with Gasteiger partial charge in [0.1, 0.15) is 11.1 Å². The van der Waals surface area contributed by atoms with Crippen molar-refractivity contribution in [3.05, 3.63) is 16.0 Å². The maximum absolute atomic E-state index is 12.9. The zero-order valence-electron chi connectivity index (χ0n) is 17.6. The first kappa shape index (κ1) is 21.3. The number of rotatable bonds is 7. The van der Waals surface area contributed by atoms with E-state index in [4.69, 9.17) is 0 Å². The van der Waals surface area contributed by atoms with Crippen LogP contribution in [0.4, 0.5) is 5.00 Å². The Morgan fingerprint density at radius 2 is 2.18 bits per heavy atom. The van der Waals surface area contributed by atoms with E-state index in [1.54, 1.807) is 11.3 Å². The van der Waals surface area contributed by atoms with E-state index in [2.05, 4.69) is 35.2 Å². The summed E-state index contributed by atoms with van der Waals surface area (Å²) < 4.78 is 0. The van der Waals surface area contributed by atoms with Gasteiger partial charge < -0.3 is 10.2 Å². The van der Waals surface area contributed by atoms with Gasteiger partial charge >= 0.3 is 0 Å². The summed E-state index contributed by atoms with van der Waals surface area (Å²) in [5.41, 5.74) is 1.90. The van der Waals surface area contributed by atoms with Gasteiger partial charge in [0.15, 0.2) is 0 Å². The van der Waals surface area contributed by atoms with Crippen molar-refractivity contribution in [2.75, 3.05) is 38.5 Å². The average Bonchev–Trinajstić information content (AvgIpc) is 3.18. The van der Waals surface area contributed by atoms with Gasteiger partial charge in [-0.15, -0.1) is 11.3 Å². The molecule has 1 amide bonds. The van der Waals surface area contributed by atoms with Gasteiger partial charge in [0, 0.05) is 18.0 Å². The fourth-order valence-corrected chi connectivity index (χ4v) is 5.85. The molecule has 6 heteroatoms. The van der Waals surface area contributed by atoms with Crippen molar-refractivity contribution >= 4 is 22.2 Å². The highest BCUT2D eigenvalue weighted by Crippen LogP contribution is 2.37. The van der Waals surface area contributed by atoms with E-state index in [-0.39, 0.29) is 11.9 Å². The molecule has 2 atom stereocenters. The molecule has 2 heterocycles. The van der Waals surface area contributed by atoms with Crippen LogP contribution in [0.1, 0.15) is 62.0 Å². The lowest BCUT2D eigenvalue weighted by atomic mass is 10.1. The summed E-state index contributed by atoms with van der Waals surface area (Å²) in [5, 5.41) is 13.5. The highest BCUT2D eigenvalue weighted by molar-refractivity contribution is 7.16. The molecule has 0 saturated carbocycles. The first-order valence-corrected chi connectivity index (χ1v) is 11.6. The minimum absolute atomic E-state index is 0.0236. The fraction of sp³-hybridized carbons (Fsp3) is 0.727. The van der Waals surface area contributed by atoms with Crippen LogP contribution in [0.2, 0.25) is 0 Å². The predicted octanol–water partition coefficient (Wildman–Crippen LogP) is 3.88. The quantitative estimate of drug-likeness (QED) is 0.703. The van der Waals surface area contributed by atoms with Gasteiger partial charge in [0.25, 0.3) is 0 Å². The minimum atomic E-state index is -0.157. The standard InChI is InChI=1S/C22H34N4OS/c1-4-11-25(3)14-17-10-12-26(15-17)16(2)21(27)24-22-19(13-23)18-8-6-5-7-9-20(18)28-22/h16-17H,4-12,14-15H2,1-3H3,(H,24,27)/t16-,17-/m0/s1. The van der Waals surface area contributed by atoms with Crippen LogP contribution in [-0.2, 0) is 17.6 Å². The highest BCUT2D eigenvalue weighted by atomic mass is 32.1. The van der Waals surface area contributed by atoms with Crippen LogP contribution in [-0.4, -0.2) is 55.0 Å². The molecule has 1 fully saturated rings. The molecule has 1 aromatic heterocycles. The number of fused-ring (bicyclic) bond motifs is 1. The molecule has 0 aromatic carbocycles. The van der Waals surface area contributed by atoms with Crippen LogP contribution in [0, 0.1) is 17.2 Å². The first-order chi connectivity index (χ1) is 13.5. The van der Waals surface area contributed by atoms with Crippen LogP contribution >= 0.6 is 11.3 Å². The minimum Gasteiger partial charge on any atom is -0.315 e. The van der Waals surface area contributed by atoms with Crippen molar-refractivity contribution in [2.24, 2.45) is 5.92 Å². The van der Waals surface area contributed by atoms with Gasteiger partial charge in [0.2, 0.25) is 5.91 Å². The van der Waals surface area contributed by atoms with Crippen LogP contribution in [0.3, 0.4) is 0 Å². The van der Waals surface area contributed by atoms with Gasteiger partial charge in [0.05, 0.1) is 11.6 Å². The van der Waals surface area contributed by atoms with Crippen molar-refractivity contribution in [3.63, 3.8) is 0 Å². The second-order valence-corrected chi connectivity index (χ2v) is 9.56. The van der Waals surface area contributed by atoms with Gasteiger partial charge in [-0.2, -0.15) is 5.26 Å². The first-order valence-electron chi connectivity index (χ1n) is 10.8. The summed E-state index contributed by atoms with van der Waals surface area (Å²) in [6.07, 6.45) is 7.90. The Bertz CT molecular complexity index is 723. The van der Waals surface area contributed by atoms with E-state index in [0.717, 1.165) is 56.9 Å². The van der Waals surface area contributed by atoms with E-state index >= 15 is 0 Å². The predicted molar refractivity (Wildman–Crippen MR) is 116 cm³/mol. The molecule has 3 rings (SSSR count). The number of nitriles is 1. The Balaban J connectivity index is 1.60. The summed E-state index contributed by atoms with van der Waals surface area (Å²) >= 11 is 1.62. The number of likely N-dealkylation sites (tertiary alicyclic amines) is 1. The number of hydrogen-bond donors (Lipinski definition) is 1. The second-order valence-electron chi connectivity index (χ2n) is 8.46. The smallest absolute Gasteiger partial charge is 0.242 e. The van der Waals surface area contributed by atoms with Crippen molar-refractivity contribution in [3.8, 4) is 6.07 Å². The van der Waals surface area contributed by atoms with Gasteiger partial charge in [-0.25, -0.2) is 0 Å². The molecular weight excluding hydrogens is 368 g/mol. The third kappa shape index (κ3) is 4.94. The monoisotopic (exact) mass is 402 g/mol.